The van der Waals surface area contributed by atoms with Crippen molar-refractivity contribution in [2.45, 2.75) is 32.6 Å². The number of rotatable bonds is 7. The van der Waals surface area contributed by atoms with E-state index < -0.39 is 11.0 Å². The summed E-state index contributed by atoms with van der Waals surface area (Å²) in [5.41, 5.74) is 3.11. The molecule has 0 aliphatic carbocycles. The number of ether oxygens (including phenoxy) is 1. The van der Waals surface area contributed by atoms with Gasteiger partial charge < -0.3 is 10.1 Å². The lowest BCUT2D eigenvalue weighted by Crippen LogP contribution is -2.16. The zero-order valence-electron chi connectivity index (χ0n) is 22.8. The highest BCUT2D eigenvalue weighted by Gasteiger charge is 2.13. The molecule has 2 amide bonds. The number of anilines is 2. The van der Waals surface area contributed by atoms with Crippen molar-refractivity contribution in [3.8, 4) is 26.8 Å². The van der Waals surface area contributed by atoms with Crippen molar-refractivity contribution in [2.24, 2.45) is 5.92 Å². The van der Waals surface area contributed by atoms with Gasteiger partial charge in [-0.3, -0.25) is 20.2 Å². The summed E-state index contributed by atoms with van der Waals surface area (Å²) in [7, 11) is 0. The molecule has 0 atom stereocenters. The van der Waals surface area contributed by atoms with Gasteiger partial charge in [0.25, 0.3) is 5.69 Å². The lowest BCUT2D eigenvalue weighted by molar-refractivity contribution is -0.384. The molecule has 0 fully saturated rings. The normalized spacial score (nSPS) is 10.3. The second-order valence-electron chi connectivity index (χ2n) is 9.20. The summed E-state index contributed by atoms with van der Waals surface area (Å²) >= 11 is 3.13. The van der Waals surface area contributed by atoms with Crippen molar-refractivity contribution in [3.05, 3.63) is 83.0 Å². The Hall–Kier alpha value is -4.22. The van der Waals surface area contributed by atoms with Gasteiger partial charge in [-0.05, 0) is 60.7 Å². The average molecular weight is 579 g/mol. The van der Waals surface area contributed by atoms with Crippen LogP contribution in [0.25, 0.3) is 21.0 Å². The van der Waals surface area contributed by atoms with E-state index in [4.69, 9.17) is 4.74 Å². The molecule has 4 aromatic rings. The second-order valence-corrected chi connectivity index (χ2v) is 11.1. The van der Waals surface area contributed by atoms with E-state index in [9.17, 15) is 19.7 Å². The fourth-order valence-electron chi connectivity index (χ4n) is 3.29. The van der Waals surface area contributed by atoms with Gasteiger partial charge in [0.2, 0.25) is 5.91 Å². The van der Waals surface area contributed by atoms with E-state index >= 15 is 0 Å². The van der Waals surface area contributed by atoms with Gasteiger partial charge in [0.05, 0.1) is 9.80 Å². The van der Waals surface area contributed by atoms with Gasteiger partial charge in [0.15, 0.2) is 0 Å². The van der Waals surface area contributed by atoms with Crippen LogP contribution in [0.4, 0.5) is 21.9 Å². The first-order valence-corrected chi connectivity index (χ1v) is 14.4. The number of nitro benzene ring substituents is 1. The number of thioether (sulfide) groups is 1. The summed E-state index contributed by atoms with van der Waals surface area (Å²) in [6.07, 6.45) is 3.10. The van der Waals surface area contributed by atoms with Crippen LogP contribution >= 0.6 is 23.1 Å². The highest BCUT2D eigenvalue weighted by atomic mass is 32.2. The first kappa shape index (κ1) is 30.3. The van der Waals surface area contributed by atoms with Crippen molar-refractivity contribution in [2.75, 3.05) is 16.9 Å². The lowest BCUT2D eigenvalue weighted by Gasteiger charge is -2.09. The molecular formula is C29H30N4O5S2. The van der Waals surface area contributed by atoms with Crippen molar-refractivity contribution in [3.63, 3.8) is 0 Å². The van der Waals surface area contributed by atoms with E-state index in [0.29, 0.717) is 5.69 Å². The maximum atomic E-state index is 12.2. The van der Waals surface area contributed by atoms with E-state index in [1.54, 1.807) is 35.2 Å². The van der Waals surface area contributed by atoms with Crippen LogP contribution in [-0.2, 0) is 4.79 Å². The summed E-state index contributed by atoms with van der Waals surface area (Å²) in [4.78, 5) is 40.3. The maximum Gasteiger partial charge on any atom is 0.417 e. The van der Waals surface area contributed by atoms with Crippen molar-refractivity contribution < 1.29 is 19.2 Å². The van der Waals surface area contributed by atoms with Gasteiger partial charge in [-0.2, -0.15) is 0 Å². The van der Waals surface area contributed by atoms with Crippen molar-refractivity contribution >= 4 is 52.2 Å². The number of non-ortho nitro benzene ring substituents is 1. The molecule has 2 N–H and O–H groups in total. The summed E-state index contributed by atoms with van der Waals surface area (Å²) in [5.74, 6) is 0.909. The first-order valence-electron chi connectivity index (χ1n) is 12.3. The third-order valence-electron chi connectivity index (χ3n) is 4.93. The number of aromatic nitrogens is 1. The number of hydrogen-bond acceptors (Lipinski definition) is 8. The third-order valence-corrected chi connectivity index (χ3v) is 6.79. The van der Waals surface area contributed by atoms with E-state index in [2.05, 4.69) is 36.4 Å². The lowest BCUT2D eigenvalue weighted by atomic mass is 10.2. The van der Waals surface area contributed by atoms with Crippen LogP contribution in [0, 0.1) is 16.0 Å². The maximum absolute atomic E-state index is 12.2. The monoisotopic (exact) mass is 578 g/mol. The van der Waals surface area contributed by atoms with Crippen molar-refractivity contribution in [1.29, 1.82) is 0 Å². The van der Waals surface area contributed by atoms with E-state index in [1.807, 2.05) is 42.8 Å². The highest BCUT2D eigenvalue weighted by molar-refractivity contribution is 7.98. The average Bonchev–Trinajstić information content (AvgIpc) is 3.39. The molecule has 0 bridgehead atoms. The predicted octanol–water partition coefficient (Wildman–Crippen LogP) is 8.34. The minimum absolute atomic E-state index is 0.0876. The highest BCUT2D eigenvalue weighted by Crippen LogP contribution is 2.38. The van der Waals surface area contributed by atoms with Gasteiger partial charge in [-0.25, -0.2) is 9.78 Å². The summed E-state index contributed by atoms with van der Waals surface area (Å²) < 4.78 is 5.16. The fourth-order valence-corrected chi connectivity index (χ4v) is 4.96. The Labute approximate surface area is 241 Å². The molecule has 9 nitrogen and oxygen atoms in total. The molecule has 1 aromatic heterocycles. The third kappa shape index (κ3) is 8.92. The first-order chi connectivity index (χ1) is 19.0. The molecule has 1 heterocycles. The quantitative estimate of drug-likeness (QED) is 0.128. The summed E-state index contributed by atoms with van der Waals surface area (Å²) in [6.45, 7) is 7.98. The Morgan fingerprint density at radius 3 is 2.17 bits per heavy atom. The van der Waals surface area contributed by atoms with E-state index in [0.717, 1.165) is 37.5 Å². The Kier molecular flexibility index (Phi) is 10.8. The van der Waals surface area contributed by atoms with Gasteiger partial charge in [-0.1, -0.05) is 26.8 Å². The Morgan fingerprint density at radius 2 is 1.60 bits per heavy atom. The zero-order valence-corrected chi connectivity index (χ0v) is 24.4. The largest absolute Gasteiger partial charge is 0.417 e. The molecule has 40 heavy (non-hydrogen) atoms. The van der Waals surface area contributed by atoms with Crippen molar-refractivity contribution in [1.82, 2.24) is 4.98 Å². The number of carbonyl (C=O) groups is 2. The van der Waals surface area contributed by atoms with Gasteiger partial charge in [0.1, 0.15) is 10.8 Å². The minimum atomic E-state index is -0.708. The van der Waals surface area contributed by atoms with Crippen LogP contribution in [0.15, 0.2) is 77.8 Å². The molecule has 0 aliphatic heterocycles. The van der Waals surface area contributed by atoms with Crippen LogP contribution in [0.1, 0.15) is 27.7 Å². The van der Waals surface area contributed by atoms with Crippen LogP contribution in [0.2, 0.25) is 0 Å². The van der Waals surface area contributed by atoms with Crippen LogP contribution in [-0.4, -0.2) is 28.2 Å². The molecule has 0 spiro atoms. The molecule has 4 rings (SSSR count). The van der Waals surface area contributed by atoms with E-state index in [1.165, 1.54) is 31.2 Å². The number of nitro groups is 1. The molecule has 0 saturated heterocycles. The summed E-state index contributed by atoms with van der Waals surface area (Å²) in [6, 6.07) is 18.2. The van der Waals surface area contributed by atoms with Gasteiger partial charge in [-0.15, -0.1) is 23.1 Å². The van der Waals surface area contributed by atoms with Gasteiger partial charge in [0, 0.05) is 52.7 Å². The Bertz CT molecular complexity index is 1470. The number of benzene rings is 3. The predicted molar refractivity (Wildman–Crippen MR) is 162 cm³/mol. The molecule has 0 aliphatic rings. The topological polar surface area (TPSA) is 123 Å². The van der Waals surface area contributed by atoms with Gasteiger partial charge >= 0.3 is 6.09 Å². The molecule has 3 aromatic carbocycles. The standard InChI is InChI=1S/C25H20N4O5S2.C4H10/c1-15(30)27-18-7-12-21(22(13-18)35-2)23-14-26-24(36-23)16-3-5-17(6-4-16)28-25(31)34-20-10-8-19(9-11-20)29(32)33;1-4(2)3/h3-14H,1-2H3,(H,27,30)(H,28,31);4H,1-3H3. The number of amides is 2. The van der Waals surface area contributed by atoms with Crippen LogP contribution < -0.4 is 15.4 Å². The van der Waals surface area contributed by atoms with Crippen LogP contribution in [0.3, 0.4) is 0 Å². The number of carbonyl (C=O) groups excluding carboxylic acids is 2. The van der Waals surface area contributed by atoms with Crippen LogP contribution in [0.5, 0.6) is 5.75 Å². The smallest absolute Gasteiger partial charge is 0.410 e. The fraction of sp³-hybridized carbons (Fsp3) is 0.207. The minimum Gasteiger partial charge on any atom is -0.410 e. The number of thiazole rings is 1. The Balaban J connectivity index is 0.00000103. The molecule has 0 radical (unpaired) electrons. The number of hydrogen-bond donors (Lipinski definition) is 2. The molecule has 0 unspecified atom stereocenters. The summed E-state index contributed by atoms with van der Waals surface area (Å²) in [5, 5.41) is 17.0. The van der Waals surface area contributed by atoms with E-state index in [-0.39, 0.29) is 17.3 Å². The molecule has 0 saturated carbocycles. The second kappa shape index (κ2) is 14.2. The molecule has 11 heteroatoms. The molecular weight excluding hydrogens is 548 g/mol. The number of nitrogens with one attached hydrogen (secondary N) is 2. The Morgan fingerprint density at radius 1 is 0.975 bits per heavy atom. The molecule has 208 valence electrons. The number of nitrogens with zero attached hydrogens (tertiary/aromatic N) is 2. The SMILES string of the molecule is CC(C)C.CSc1cc(NC(C)=O)ccc1-c1cnc(-c2ccc(NC(=O)Oc3ccc([N+](=O)[O-])cc3)cc2)s1. The zero-order chi connectivity index (χ0) is 29.2.